The molecule has 0 heterocycles. The number of hydrogen-bond acceptors (Lipinski definition) is 4. The van der Waals surface area contributed by atoms with E-state index in [0.29, 0.717) is 0 Å². The Kier molecular flexibility index (Phi) is 4.64. The number of alkyl halides is 10. The highest BCUT2D eigenvalue weighted by atomic mass is 32.3. The topological polar surface area (TPSA) is 80.3 Å². The third-order valence-electron chi connectivity index (χ3n) is 1.62. The van der Waals surface area contributed by atoms with Gasteiger partial charge in [0.25, 0.3) is 10.0 Å². The van der Waals surface area contributed by atoms with Gasteiger partial charge in [0.1, 0.15) is 0 Å². The normalized spacial score (nSPS) is 16.1. The second-order valence-electron chi connectivity index (χ2n) is 3.13. The molecular formula is C4HF10NO4S2. The summed E-state index contributed by atoms with van der Waals surface area (Å²) in [6.45, 7) is 0. The molecule has 0 saturated heterocycles. The van der Waals surface area contributed by atoms with Crippen LogP contribution < -0.4 is 4.13 Å². The van der Waals surface area contributed by atoms with Gasteiger partial charge in [0, 0.05) is 0 Å². The van der Waals surface area contributed by atoms with E-state index in [4.69, 9.17) is 0 Å². The van der Waals surface area contributed by atoms with Crippen LogP contribution in [0.3, 0.4) is 0 Å². The fourth-order valence-corrected chi connectivity index (χ4v) is 3.32. The van der Waals surface area contributed by atoms with Gasteiger partial charge in [0.05, 0.1) is 0 Å². The first-order valence-corrected chi connectivity index (χ1v) is 6.84. The van der Waals surface area contributed by atoms with Gasteiger partial charge in [-0.1, -0.05) is 4.13 Å². The molecule has 0 aromatic rings. The van der Waals surface area contributed by atoms with Crippen LogP contribution in [-0.2, 0) is 20.0 Å². The zero-order chi connectivity index (χ0) is 17.7. The van der Waals surface area contributed by atoms with Crippen molar-refractivity contribution in [2.75, 3.05) is 0 Å². The van der Waals surface area contributed by atoms with E-state index < -0.39 is 47.0 Å². The van der Waals surface area contributed by atoms with Crippen molar-refractivity contribution in [1.29, 1.82) is 0 Å². The van der Waals surface area contributed by atoms with E-state index in [-0.39, 0.29) is 0 Å². The highest BCUT2D eigenvalue weighted by Gasteiger charge is 2.81. The first-order chi connectivity index (χ1) is 8.71. The highest BCUT2D eigenvalue weighted by molar-refractivity contribution is 8.05. The second-order valence-corrected chi connectivity index (χ2v) is 6.83. The maximum absolute atomic E-state index is 13.0. The Hall–Kier alpha value is -0.840. The first kappa shape index (κ1) is 20.2. The van der Waals surface area contributed by atoms with Crippen molar-refractivity contribution >= 4 is 20.0 Å². The lowest BCUT2D eigenvalue weighted by Crippen LogP contribution is -2.63. The lowest BCUT2D eigenvalue weighted by Gasteiger charge is -2.29. The fraction of sp³-hybridized carbons (Fsp3) is 1.00. The van der Waals surface area contributed by atoms with Crippen LogP contribution in [0.4, 0.5) is 43.9 Å². The van der Waals surface area contributed by atoms with E-state index in [9.17, 15) is 60.7 Å². The molecule has 5 nitrogen and oxygen atoms in total. The monoisotopic (exact) mass is 381 g/mol. The molecule has 0 spiro atoms. The lowest BCUT2D eigenvalue weighted by atomic mass is 10.3. The average molecular weight is 381 g/mol. The Balaban J connectivity index is 6.24. The molecule has 17 heteroatoms. The Labute approximate surface area is 109 Å². The molecule has 1 N–H and O–H groups in total. The highest BCUT2D eigenvalue weighted by Crippen LogP contribution is 2.49. The third kappa shape index (κ3) is 3.33. The lowest BCUT2D eigenvalue weighted by molar-refractivity contribution is -0.306. The van der Waals surface area contributed by atoms with Gasteiger partial charge in [0.15, 0.2) is 0 Å². The molecule has 128 valence electrons. The van der Waals surface area contributed by atoms with Crippen molar-refractivity contribution < 1.29 is 60.7 Å². The molecule has 0 rings (SSSR count). The van der Waals surface area contributed by atoms with Gasteiger partial charge in [-0.05, 0) is 0 Å². The maximum atomic E-state index is 13.0. The van der Waals surface area contributed by atoms with E-state index in [1.807, 2.05) is 0 Å². The fourth-order valence-electron chi connectivity index (χ4n) is 0.715. The predicted molar refractivity (Wildman–Crippen MR) is 43.0 cm³/mol. The van der Waals surface area contributed by atoms with Gasteiger partial charge < -0.3 is 0 Å². The summed E-state index contributed by atoms with van der Waals surface area (Å²) in [4.78, 5) is 0. The van der Waals surface area contributed by atoms with Crippen LogP contribution in [0.15, 0.2) is 0 Å². The molecule has 0 aliphatic carbocycles. The summed E-state index contributed by atoms with van der Waals surface area (Å²) in [6, 6.07) is 0. The van der Waals surface area contributed by atoms with Gasteiger partial charge in [-0.2, -0.15) is 39.5 Å². The summed E-state index contributed by atoms with van der Waals surface area (Å²) >= 11 is 0. The maximum Gasteiger partial charge on any atom is 0.512 e. The molecule has 0 aliphatic heterocycles. The van der Waals surface area contributed by atoms with E-state index in [0.717, 1.165) is 0 Å². The minimum atomic E-state index is -7.75. The molecule has 0 fully saturated rings. The molecule has 0 aliphatic rings. The Morgan fingerprint density at radius 3 is 1.05 bits per heavy atom. The number of halogens is 10. The average Bonchev–Trinajstić information content (AvgIpc) is 2.08. The summed E-state index contributed by atoms with van der Waals surface area (Å²) in [5.74, 6) is 0. The Morgan fingerprint density at radius 2 is 0.857 bits per heavy atom. The zero-order valence-electron chi connectivity index (χ0n) is 8.73. The van der Waals surface area contributed by atoms with E-state index in [1.54, 1.807) is 0 Å². The van der Waals surface area contributed by atoms with Crippen molar-refractivity contribution in [1.82, 2.24) is 4.13 Å². The number of nitrogens with one attached hydrogen (secondary N) is 1. The number of hydrogen-bond donors (Lipinski definition) is 1. The van der Waals surface area contributed by atoms with Crippen molar-refractivity contribution in [3.05, 3.63) is 0 Å². The van der Waals surface area contributed by atoms with Crippen molar-refractivity contribution in [3.8, 4) is 0 Å². The Bertz CT molecular complexity index is 580. The smallest absolute Gasteiger partial charge is 0.207 e. The molecule has 0 bridgehead atoms. The van der Waals surface area contributed by atoms with E-state index >= 15 is 0 Å². The largest absolute Gasteiger partial charge is 0.512 e. The molecule has 0 atom stereocenters. The van der Waals surface area contributed by atoms with Crippen molar-refractivity contribution in [2.45, 2.75) is 22.9 Å². The molecule has 0 unspecified atom stereocenters. The second kappa shape index (κ2) is 4.83. The number of sulfonamides is 2. The van der Waals surface area contributed by atoms with Gasteiger partial charge >= 0.3 is 32.9 Å². The Morgan fingerprint density at radius 1 is 0.571 bits per heavy atom. The standard InChI is InChI=1S/C4HF10NO4S2/c5-1(2(6,7)8,3(9,10)11)20(16,17)15-21(18,19)4(12,13)14/h15H. The van der Waals surface area contributed by atoms with Crippen molar-refractivity contribution in [2.24, 2.45) is 0 Å². The van der Waals surface area contributed by atoms with Crippen LogP contribution in [0, 0.1) is 0 Å². The third-order valence-corrected chi connectivity index (χ3v) is 5.19. The minimum Gasteiger partial charge on any atom is -0.207 e. The van der Waals surface area contributed by atoms with Crippen LogP contribution in [0.5, 0.6) is 0 Å². The predicted octanol–water partition coefficient (Wildman–Crippen LogP) is 1.55. The van der Waals surface area contributed by atoms with Crippen LogP contribution in [0.2, 0.25) is 0 Å². The van der Waals surface area contributed by atoms with Gasteiger partial charge in [-0.3, -0.25) is 0 Å². The quantitative estimate of drug-likeness (QED) is 0.753. The van der Waals surface area contributed by atoms with Crippen LogP contribution in [0.25, 0.3) is 0 Å². The number of rotatable bonds is 3. The molecule has 21 heavy (non-hydrogen) atoms. The molecule has 0 aromatic carbocycles. The van der Waals surface area contributed by atoms with Gasteiger partial charge in [0.2, 0.25) is 0 Å². The van der Waals surface area contributed by atoms with E-state index in [2.05, 4.69) is 0 Å². The van der Waals surface area contributed by atoms with Crippen LogP contribution in [0.1, 0.15) is 0 Å². The SMILES string of the molecule is O=S(=O)(NS(=O)(=O)C(F)(C(F)(F)F)C(F)(F)F)C(F)(F)F. The summed E-state index contributed by atoms with van der Waals surface area (Å²) in [7, 11) is -15.0. The van der Waals surface area contributed by atoms with Crippen LogP contribution >= 0.6 is 0 Å². The summed E-state index contributed by atoms with van der Waals surface area (Å²) < 4.78 is 161. The van der Waals surface area contributed by atoms with Gasteiger partial charge in [-0.15, -0.1) is 0 Å². The zero-order valence-corrected chi connectivity index (χ0v) is 10.4. The summed E-state index contributed by atoms with van der Waals surface area (Å²) in [6.07, 6.45) is -14.6. The molecular weight excluding hydrogens is 380 g/mol. The summed E-state index contributed by atoms with van der Waals surface area (Å²) in [5.41, 5.74) is -6.60. The molecule has 0 amide bonds. The molecule has 0 radical (unpaired) electrons. The van der Waals surface area contributed by atoms with E-state index in [1.165, 1.54) is 0 Å². The van der Waals surface area contributed by atoms with Gasteiger partial charge in [-0.25, -0.2) is 21.2 Å². The van der Waals surface area contributed by atoms with Crippen LogP contribution in [-0.4, -0.2) is 39.7 Å². The molecule has 0 saturated carbocycles. The first-order valence-electron chi connectivity index (χ1n) is 3.87. The van der Waals surface area contributed by atoms with Crippen molar-refractivity contribution in [3.63, 3.8) is 0 Å². The summed E-state index contributed by atoms with van der Waals surface area (Å²) in [5, 5.41) is -7.27. The molecule has 0 aromatic heterocycles. The minimum absolute atomic E-state index is 0.969.